The first-order valence-corrected chi connectivity index (χ1v) is 8.66. The van der Waals surface area contributed by atoms with Crippen LogP contribution in [0.2, 0.25) is 0 Å². The maximum absolute atomic E-state index is 12.8. The van der Waals surface area contributed by atoms with E-state index in [1.165, 1.54) is 0 Å². The SMILES string of the molecule is CC(C)C(NC(=O)c1ccccc1)C(=O)N(C)CC1(O)CCCC1. The molecule has 24 heavy (non-hydrogen) atoms. The third-order valence-corrected chi connectivity index (χ3v) is 4.70. The zero-order valence-corrected chi connectivity index (χ0v) is 14.8. The average Bonchev–Trinajstić information content (AvgIpc) is 2.98. The van der Waals surface area contributed by atoms with Gasteiger partial charge < -0.3 is 15.3 Å². The maximum Gasteiger partial charge on any atom is 0.251 e. The summed E-state index contributed by atoms with van der Waals surface area (Å²) in [5.41, 5.74) is -0.247. The van der Waals surface area contributed by atoms with E-state index in [2.05, 4.69) is 5.32 Å². The Morgan fingerprint density at radius 2 is 1.79 bits per heavy atom. The van der Waals surface area contributed by atoms with Gasteiger partial charge in [0.1, 0.15) is 6.04 Å². The van der Waals surface area contributed by atoms with Gasteiger partial charge in [0.2, 0.25) is 5.91 Å². The van der Waals surface area contributed by atoms with Crippen LogP contribution in [0.15, 0.2) is 30.3 Å². The standard InChI is InChI=1S/C19H28N2O3/c1-14(2)16(20-17(22)15-9-5-4-6-10-15)18(23)21(3)13-19(24)11-7-8-12-19/h4-6,9-10,14,16,24H,7-8,11-13H2,1-3H3,(H,20,22). The Labute approximate surface area is 144 Å². The van der Waals surface area contributed by atoms with Gasteiger partial charge in [0.05, 0.1) is 5.60 Å². The molecule has 0 aliphatic heterocycles. The highest BCUT2D eigenvalue weighted by molar-refractivity contribution is 5.97. The highest BCUT2D eigenvalue weighted by Crippen LogP contribution is 2.30. The fourth-order valence-corrected chi connectivity index (χ4v) is 3.28. The molecular formula is C19H28N2O3. The minimum atomic E-state index is -0.782. The topological polar surface area (TPSA) is 69.6 Å². The van der Waals surface area contributed by atoms with Crippen molar-refractivity contribution in [2.45, 2.75) is 51.2 Å². The van der Waals surface area contributed by atoms with Gasteiger partial charge in [-0.1, -0.05) is 44.9 Å². The van der Waals surface area contributed by atoms with Crippen molar-refractivity contribution >= 4 is 11.8 Å². The summed E-state index contributed by atoms with van der Waals surface area (Å²) in [6.07, 6.45) is 3.45. The number of amides is 2. The van der Waals surface area contributed by atoms with Gasteiger partial charge in [-0.25, -0.2) is 0 Å². The van der Waals surface area contributed by atoms with E-state index in [1.807, 2.05) is 19.9 Å². The van der Waals surface area contributed by atoms with Gasteiger partial charge in [-0.15, -0.1) is 0 Å². The lowest BCUT2D eigenvalue weighted by atomic mass is 9.99. The smallest absolute Gasteiger partial charge is 0.251 e. The predicted molar refractivity (Wildman–Crippen MR) is 93.6 cm³/mol. The molecule has 1 aromatic carbocycles. The minimum absolute atomic E-state index is 0.0363. The number of nitrogens with one attached hydrogen (secondary N) is 1. The molecule has 1 unspecified atom stereocenters. The number of likely N-dealkylation sites (N-methyl/N-ethyl adjacent to an activating group) is 1. The average molecular weight is 332 g/mol. The fourth-order valence-electron chi connectivity index (χ4n) is 3.28. The minimum Gasteiger partial charge on any atom is -0.388 e. The second kappa shape index (κ2) is 7.79. The van der Waals surface area contributed by atoms with Gasteiger partial charge in [0, 0.05) is 19.2 Å². The molecule has 2 N–H and O–H groups in total. The van der Waals surface area contributed by atoms with E-state index in [4.69, 9.17) is 0 Å². The van der Waals surface area contributed by atoms with Crippen LogP contribution in [0.3, 0.4) is 0 Å². The Kier molecular flexibility index (Phi) is 5.99. The Hall–Kier alpha value is -1.88. The van der Waals surface area contributed by atoms with Crippen LogP contribution in [-0.2, 0) is 4.79 Å². The summed E-state index contributed by atoms with van der Waals surface area (Å²) in [6, 6.07) is 8.28. The Morgan fingerprint density at radius 1 is 1.21 bits per heavy atom. The highest BCUT2D eigenvalue weighted by atomic mass is 16.3. The second-order valence-corrected chi connectivity index (χ2v) is 7.19. The molecule has 1 fully saturated rings. The number of carbonyl (C=O) groups is 2. The van der Waals surface area contributed by atoms with Crippen LogP contribution in [-0.4, -0.2) is 47.1 Å². The number of benzene rings is 1. The summed E-state index contributed by atoms with van der Waals surface area (Å²) in [5, 5.41) is 13.3. The molecular weight excluding hydrogens is 304 g/mol. The zero-order valence-electron chi connectivity index (χ0n) is 14.8. The molecule has 5 nitrogen and oxygen atoms in total. The van der Waals surface area contributed by atoms with Crippen LogP contribution in [0.1, 0.15) is 49.9 Å². The van der Waals surface area contributed by atoms with Crippen molar-refractivity contribution < 1.29 is 14.7 Å². The molecule has 1 aliphatic rings. The van der Waals surface area contributed by atoms with E-state index in [1.54, 1.807) is 36.2 Å². The first-order valence-electron chi connectivity index (χ1n) is 8.66. The first kappa shape index (κ1) is 18.5. The lowest BCUT2D eigenvalue weighted by Gasteiger charge is -2.32. The lowest BCUT2D eigenvalue weighted by molar-refractivity contribution is -0.136. The Balaban J connectivity index is 2.03. The van der Waals surface area contributed by atoms with Crippen LogP contribution in [0.5, 0.6) is 0 Å². The summed E-state index contributed by atoms with van der Waals surface area (Å²) in [4.78, 5) is 26.7. The summed E-state index contributed by atoms with van der Waals surface area (Å²) in [5.74, 6) is -0.448. The van der Waals surface area contributed by atoms with Crippen LogP contribution < -0.4 is 5.32 Å². The molecule has 1 saturated carbocycles. The molecule has 1 atom stereocenters. The quantitative estimate of drug-likeness (QED) is 0.839. The van der Waals surface area contributed by atoms with Crippen molar-refractivity contribution in [3.8, 4) is 0 Å². The number of rotatable bonds is 6. The number of nitrogens with zero attached hydrogens (tertiary/aromatic N) is 1. The third kappa shape index (κ3) is 4.57. The molecule has 1 aliphatic carbocycles. The molecule has 0 saturated heterocycles. The van der Waals surface area contributed by atoms with Gasteiger partial charge in [0.15, 0.2) is 0 Å². The summed E-state index contributed by atoms with van der Waals surface area (Å²) in [6.45, 7) is 4.13. The molecule has 132 valence electrons. The molecule has 1 aromatic rings. The number of aliphatic hydroxyl groups is 1. The third-order valence-electron chi connectivity index (χ3n) is 4.70. The van der Waals surface area contributed by atoms with Gasteiger partial charge in [0.25, 0.3) is 5.91 Å². The van der Waals surface area contributed by atoms with Gasteiger partial charge in [-0.2, -0.15) is 0 Å². The van der Waals surface area contributed by atoms with Gasteiger partial charge in [-0.05, 0) is 30.9 Å². The Bertz CT molecular complexity index is 565. The van der Waals surface area contributed by atoms with Crippen LogP contribution in [0.4, 0.5) is 0 Å². The van der Waals surface area contributed by atoms with Crippen molar-refractivity contribution in [2.24, 2.45) is 5.92 Å². The van der Waals surface area contributed by atoms with Gasteiger partial charge >= 0.3 is 0 Å². The molecule has 5 heteroatoms. The van der Waals surface area contributed by atoms with Gasteiger partial charge in [-0.3, -0.25) is 9.59 Å². The van der Waals surface area contributed by atoms with E-state index < -0.39 is 11.6 Å². The van der Waals surface area contributed by atoms with E-state index in [-0.39, 0.29) is 17.7 Å². The largest absolute Gasteiger partial charge is 0.388 e. The predicted octanol–water partition coefficient (Wildman–Crippen LogP) is 2.20. The van der Waals surface area contributed by atoms with Crippen LogP contribution >= 0.6 is 0 Å². The van der Waals surface area contributed by atoms with Crippen molar-refractivity contribution in [3.63, 3.8) is 0 Å². The van der Waals surface area contributed by atoms with Crippen molar-refractivity contribution in [2.75, 3.05) is 13.6 Å². The number of hydrogen-bond acceptors (Lipinski definition) is 3. The molecule has 0 spiro atoms. The molecule has 0 aromatic heterocycles. The maximum atomic E-state index is 12.8. The van der Waals surface area contributed by atoms with E-state index >= 15 is 0 Å². The summed E-state index contributed by atoms with van der Waals surface area (Å²) in [7, 11) is 1.70. The highest BCUT2D eigenvalue weighted by Gasteiger charge is 2.35. The summed E-state index contributed by atoms with van der Waals surface area (Å²) >= 11 is 0. The molecule has 0 bridgehead atoms. The van der Waals surface area contributed by atoms with Crippen molar-refractivity contribution in [3.05, 3.63) is 35.9 Å². The summed E-state index contributed by atoms with van der Waals surface area (Å²) < 4.78 is 0. The van der Waals surface area contributed by atoms with Crippen molar-refractivity contribution in [1.82, 2.24) is 10.2 Å². The lowest BCUT2D eigenvalue weighted by Crippen LogP contribution is -2.53. The van der Waals surface area contributed by atoms with Crippen LogP contribution in [0, 0.1) is 5.92 Å². The van der Waals surface area contributed by atoms with E-state index in [0.717, 1.165) is 25.7 Å². The molecule has 2 amide bonds. The number of hydrogen-bond donors (Lipinski definition) is 2. The molecule has 2 rings (SSSR count). The second-order valence-electron chi connectivity index (χ2n) is 7.19. The van der Waals surface area contributed by atoms with E-state index in [9.17, 15) is 14.7 Å². The Morgan fingerprint density at radius 3 is 2.33 bits per heavy atom. The zero-order chi connectivity index (χ0) is 17.7. The molecule has 0 radical (unpaired) electrons. The van der Waals surface area contributed by atoms with Crippen molar-refractivity contribution in [1.29, 1.82) is 0 Å². The monoisotopic (exact) mass is 332 g/mol. The molecule has 0 heterocycles. The first-order chi connectivity index (χ1) is 11.3. The van der Waals surface area contributed by atoms with Crippen LogP contribution in [0.25, 0.3) is 0 Å². The fraction of sp³-hybridized carbons (Fsp3) is 0.579. The van der Waals surface area contributed by atoms with E-state index in [0.29, 0.717) is 12.1 Å². The number of carbonyl (C=O) groups excluding carboxylic acids is 2. The normalized spacial score (nSPS) is 17.5.